The summed E-state index contributed by atoms with van der Waals surface area (Å²) in [5.41, 5.74) is -7.98. The van der Waals surface area contributed by atoms with E-state index >= 15 is 0 Å². The maximum Gasteiger partial charge on any atom is 0.516 e. The van der Waals surface area contributed by atoms with Crippen LogP contribution in [-0.4, -0.2) is 13.9 Å². The average molecular weight is 423 g/mol. The highest BCUT2D eigenvalue weighted by Gasteiger charge is 2.47. The molecule has 0 aliphatic carbocycles. The summed E-state index contributed by atoms with van der Waals surface area (Å²) in [5, 5.41) is 0. The molecule has 0 aromatic heterocycles. The van der Waals surface area contributed by atoms with E-state index in [2.05, 4.69) is 0 Å². The van der Waals surface area contributed by atoms with Crippen molar-refractivity contribution in [1.82, 2.24) is 0 Å². The summed E-state index contributed by atoms with van der Waals surface area (Å²) in [4.78, 5) is 0. The van der Waals surface area contributed by atoms with Crippen LogP contribution in [0.2, 0.25) is 0 Å². The quantitative estimate of drug-likeness (QED) is 0.344. The van der Waals surface area contributed by atoms with Crippen LogP contribution in [0, 0.1) is 26.8 Å². The van der Waals surface area contributed by atoms with Crippen LogP contribution in [0.5, 0.6) is 0 Å². The van der Waals surface area contributed by atoms with E-state index in [0.29, 0.717) is 4.72 Å². The minimum atomic E-state index is -6.21. The maximum absolute atomic E-state index is 13.1. The summed E-state index contributed by atoms with van der Waals surface area (Å²) < 4.78 is 109. The van der Waals surface area contributed by atoms with Crippen molar-refractivity contribution in [3.63, 3.8) is 0 Å². The predicted octanol–water partition coefficient (Wildman–Crippen LogP) is 3.11. The van der Waals surface area contributed by atoms with Gasteiger partial charge in [0.05, 0.1) is 3.57 Å². The molecule has 0 spiro atoms. The number of hydrogen-bond acceptors (Lipinski definition) is 2. The minimum Gasteiger partial charge on any atom is -0.270 e. The molecule has 108 valence electrons. The number of sulfonamides is 1. The molecule has 0 aliphatic heterocycles. The fraction of sp³-hybridized carbons (Fsp3) is 0.143. The number of benzene rings is 1. The van der Waals surface area contributed by atoms with Gasteiger partial charge in [0, 0.05) is 0 Å². The highest BCUT2D eigenvalue weighted by molar-refractivity contribution is 14.1. The fourth-order valence-corrected chi connectivity index (χ4v) is 1.92. The Morgan fingerprint density at radius 2 is 1.26 bits per heavy atom. The normalized spacial score (nSPS) is 12.6. The van der Waals surface area contributed by atoms with Gasteiger partial charge < -0.3 is 0 Å². The van der Waals surface area contributed by atoms with Crippen LogP contribution in [0.3, 0.4) is 0 Å². The van der Waals surface area contributed by atoms with Gasteiger partial charge in [0.2, 0.25) is 0 Å². The van der Waals surface area contributed by atoms with Crippen LogP contribution in [0.1, 0.15) is 0 Å². The highest BCUT2D eigenvalue weighted by Crippen LogP contribution is 2.32. The SMILES string of the molecule is O=S(=O)(Nc1c(F)c(F)c(I)c(F)c1F)C(F)(F)F. The molecule has 1 rings (SSSR count). The lowest BCUT2D eigenvalue weighted by molar-refractivity contribution is -0.0429. The number of anilines is 1. The van der Waals surface area contributed by atoms with Gasteiger partial charge in [0.25, 0.3) is 0 Å². The predicted molar refractivity (Wildman–Crippen MR) is 57.6 cm³/mol. The Morgan fingerprint density at radius 1 is 0.895 bits per heavy atom. The van der Waals surface area contributed by atoms with Gasteiger partial charge in [-0.15, -0.1) is 0 Å². The summed E-state index contributed by atoms with van der Waals surface area (Å²) >= 11 is 0.861. The van der Waals surface area contributed by atoms with Gasteiger partial charge in [-0.1, -0.05) is 0 Å². The van der Waals surface area contributed by atoms with Crippen molar-refractivity contribution in [3.05, 3.63) is 26.8 Å². The van der Waals surface area contributed by atoms with E-state index in [9.17, 15) is 39.2 Å². The first-order valence-corrected chi connectivity index (χ1v) is 6.57. The molecule has 1 aromatic rings. The number of alkyl halides is 3. The van der Waals surface area contributed by atoms with E-state index in [4.69, 9.17) is 0 Å². The second kappa shape index (κ2) is 4.96. The second-order valence-corrected chi connectivity index (χ2v) is 5.75. The van der Waals surface area contributed by atoms with E-state index < -0.39 is 48.1 Å². The first-order chi connectivity index (χ1) is 8.40. The summed E-state index contributed by atoms with van der Waals surface area (Å²) in [7, 11) is -6.21. The first kappa shape index (κ1) is 16.3. The van der Waals surface area contributed by atoms with Crippen molar-refractivity contribution in [2.24, 2.45) is 0 Å². The Labute approximate surface area is 115 Å². The highest BCUT2D eigenvalue weighted by atomic mass is 127. The van der Waals surface area contributed by atoms with E-state index in [1.54, 1.807) is 0 Å². The molecule has 1 N–H and O–H groups in total. The van der Waals surface area contributed by atoms with Crippen molar-refractivity contribution >= 4 is 38.3 Å². The maximum atomic E-state index is 13.1. The zero-order valence-corrected chi connectivity index (χ0v) is 11.2. The van der Waals surface area contributed by atoms with Crippen LogP contribution in [-0.2, 0) is 10.0 Å². The summed E-state index contributed by atoms with van der Waals surface area (Å²) in [6.07, 6.45) is 0. The lowest BCUT2D eigenvalue weighted by Crippen LogP contribution is -2.31. The van der Waals surface area contributed by atoms with Crippen LogP contribution in [0.25, 0.3) is 0 Å². The Hall–Kier alpha value is -0.790. The Bertz CT molecular complexity index is 598. The van der Waals surface area contributed by atoms with Crippen LogP contribution >= 0.6 is 22.6 Å². The molecular formula is C7HF7INO2S. The van der Waals surface area contributed by atoms with E-state index in [1.807, 2.05) is 0 Å². The molecule has 0 bridgehead atoms. The number of hydrogen-bond donors (Lipinski definition) is 1. The fourth-order valence-electron chi connectivity index (χ4n) is 0.887. The van der Waals surface area contributed by atoms with Gasteiger partial charge in [-0.25, -0.2) is 17.6 Å². The lowest BCUT2D eigenvalue weighted by Gasteiger charge is -2.13. The zero-order valence-electron chi connectivity index (χ0n) is 8.25. The third kappa shape index (κ3) is 2.88. The molecule has 19 heavy (non-hydrogen) atoms. The van der Waals surface area contributed by atoms with Crippen LogP contribution < -0.4 is 4.72 Å². The lowest BCUT2D eigenvalue weighted by atomic mass is 10.3. The largest absolute Gasteiger partial charge is 0.516 e. The molecule has 0 aliphatic rings. The molecule has 0 unspecified atom stereocenters. The molecular weight excluding hydrogens is 422 g/mol. The van der Waals surface area contributed by atoms with Gasteiger partial charge in [0.15, 0.2) is 23.3 Å². The van der Waals surface area contributed by atoms with Gasteiger partial charge in [-0.2, -0.15) is 21.6 Å². The van der Waals surface area contributed by atoms with Crippen molar-refractivity contribution in [1.29, 1.82) is 0 Å². The van der Waals surface area contributed by atoms with Crippen LogP contribution in [0.4, 0.5) is 36.4 Å². The monoisotopic (exact) mass is 423 g/mol. The summed E-state index contributed by atoms with van der Waals surface area (Å²) in [6, 6.07) is 0. The van der Waals surface area contributed by atoms with E-state index in [-0.39, 0.29) is 0 Å². The van der Waals surface area contributed by atoms with Crippen molar-refractivity contribution in [2.75, 3.05) is 4.72 Å². The Balaban J connectivity index is 3.48. The van der Waals surface area contributed by atoms with E-state index in [0.717, 1.165) is 22.6 Å². The third-order valence-corrected chi connectivity index (χ3v) is 3.78. The number of nitrogens with one attached hydrogen (secondary N) is 1. The third-order valence-electron chi connectivity index (χ3n) is 1.75. The standard InChI is InChI=1S/C7HF7INO2S/c8-1-3(10)6(4(11)2(9)5(1)15)16-19(17,18)7(12,13)14/h16H. The van der Waals surface area contributed by atoms with Crippen molar-refractivity contribution < 1.29 is 39.2 Å². The van der Waals surface area contributed by atoms with Gasteiger partial charge in [-0.05, 0) is 22.6 Å². The molecule has 1 aromatic carbocycles. The molecule has 0 saturated carbocycles. The molecule has 0 saturated heterocycles. The van der Waals surface area contributed by atoms with Gasteiger partial charge >= 0.3 is 15.5 Å². The Morgan fingerprint density at radius 3 is 1.58 bits per heavy atom. The second-order valence-electron chi connectivity index (χ2n) is 3.00. The first-order valence-electron chi connectivity index (χ1n) is 4.00. The molecule has 3 nitrogen and oxygen atoms in total. The van der Waals surface area contributed by atoms with Gasteiger partial charge in [0.1, 0.15) is 5.69 Å². The average Bonchev–Trinajstić information content (AvgIpc) is 2.28. The van der Waals surface area contributed by atoms with Gasteiger partial charge in [-0.3, -0.25) is 4.72 Å². The zero-order chi connectivity index (χ0) is 15.2. The van der Waals surface area contributed by atoms with Crippen LogP contribution in [0.15, 0.2) is 0 Å². The molecule has 12 heteroatoms. The topological polar surface area (TPSA) is 46.2 Å². The van der Waals surface area contributed by atoms with Crippen molar-refractivity contribution in [3.8, 4) is 0 Å². The minimum absolute atomic E-state index is 0.418. The van der Waals surface area contributed by atoms with Crippen molar-refractivity contribution in [2.45, 2.75) is 5.51 Å². The molecule has 0 atom stereocenters. The molecule has 0 radical (unpaired) electrons. The summed E-state index contributed by atoms with van der Waals surface area (Å²) in [6.45, 7) is 0. The van der Waals surface area contributed by atoms with E-state index in [1.165, 1.54) is 0 Å². The molecule has 0 amide bonds. The Kier molecular flexibility index (Phi) is 4.24. The number of rotatable bonds is 2. The molecule has 0 heterocycles. The summed E-state index contributed by atoms with van der Waals surface area (Å²) in [5.74, 6) is -8.59. The number of halogens is 8. The smallest absolute Gasteiger partial charge is 0.270 e. The molecule has 0 fully saturated rings.